The van der Waals surface area contributed by atoms with Gasteiger partial charge in [-0.1, -0.05) is 60.7 Å². The molecule has 0 fully saturated rings. The van der Waals surface area contributed by atoms with Crippen LogP contribution in [0, 0.1) is 0 Å². The second-order valence-corrected chi connectivity index (χ2v) is 8.18. The van der Waals surface area contributed by atoms with Crippen LogP contribution in [0.5, 0.6) is 11.5 Å². The van der Waals surface area contributed by atoms with Gasteiger partial charge in [-0.25, -0.2) is 0 Å². The molecule has 2 amide bonds. The smallest absolute Gasteiger partial charge is 0.256 e. The number of hydrogen-bond acceptors (Lipinski definition) is 4. The Kier molecular flexibility index (Phi) is 8.33. The lowest BCUT2D eigenvalue weighted by molar-refractivity contribution is 0.0786. The molecule has 0 heterocycles. The van der Waals surface area contributed by atoms with Gasteiger partial charge in [-0.15, -0.1) is 0 Å². The molecule has 4 aromatic rings. The first-order chi connectivity index (χ1) is 17.6. The third-order valence-corrected chi connectivity index (χ3v) is 5.50. The highest BCUT2D eigenvalue weighted by molar-refractivity contribution is 6.09. The number of hydrogen-bond donors (Lipinski definition) is 1. The lowest BCUT2D eigenvalue weighted by atomic mass is 10.1. The Morgan fingerprint density at radius 2 is 1.25 bits per heavy atom. The van der Waals surface area contributed by atoms with Crippen LogP contribution < -0.4 is 14.8 Å². The second-order valence-electron chi connectivity index (χ2n) is 8.18. The largest absolute Gasteiger partial charge is 0.490 e. The van der Waals surface area contributed by atoms with Crippen molar-refractivity contribution in [3.05, 3.63) is 126 Å². The highest BCUT2D eigenvalue weighted by Crippen LogP contribution is 2.20. The lowest BCUT2D eigenvalue weighted by Gasteiger charge is -2.19. The van der Waals surface area contributed by atoms with E-state index in [-0.39, 0.29) is 11.8 Å². The van der Waals surface area contributed by atoms with Gasteiger partial charge in [0.25, 0.3) is 11.8 Å². The molecule has 0 spiro atoms. The first kappa shape index (κ1) is 24.5. The SMILES string of the molecule is CN(Cc1ccccc1)C(=O)c1ccccc1NC(=O)c1ccc(OCCOc2ccccc2)cc1. The minimum absolute atomic E-state index is 0.170. The molecule has 182 valence electrons. The average Bonchev–Trinajstić information content (AvgIpc) is 2.92. The van der Waals surface area contributed by atoms with Crippen molar-refractivity contribution in [3.63, 3.8) is 0 Å². The fourth-order valence-corrected chi connectivity index (χ4v) is 3.65. The summed E-state index contributed by atoms with van der Waals surface area (Å²) in [7, 11) is 1.75. The van der Waals surface area contributed by atoms with E-state index in [9.17, 15) is 9.59 Å². The summed E-state index contributed by atoms with van der Waals surface area (Å²) in [6.07, 6.45) is 0. The number of benzene rings is 4. The molecule has 0 aliphatic carbocycles. The number of para-hydroxylation sites is 2. The number of amides is 2. The third-order valence-electron chi connectivity index (χ3n) is 5.50. The van der Waals surface area contributed by atoms with Gasteiger partial charge in [0.1, 0.15) is 24.7 Å². The molecule has 0 atom stereocenters. The molecule has 0 saturated heterocycles. The first-order valence-corrected chi connectivity index (χ1v) is 11.7. The van der Waals surface area contributed by atoms with Crippen LogP contribution >= 0.6 is 0 Å². The van der Waals surface area contributed by atoms with Crippen molar-refractivity contribution in [2.75, 3.05) is 25.6 Å². The number of ether oxygens (including phenoxy) is 2. The maximum absolute atomic E-state index is 13.1. The van der Waals surface area contributed by atoms with Crippen LogP contribution in [-0.2, 0) is 6.54 Å². The molecule has 6 heteroatoms. The molecular formula is C30H28N2O4. The van der Waals surface area contributed by atoms with Gasteiger partial charge in [0.05, 0.1) is 11.3 Å². The molecule has 0 aliphatic heterocycles. The van der Waals surface area contributed by atoms with Crippen molar-refractivity contribution in [1.82, 2.24) is 4.90 Å². The molecule has 36 heavy (non-hydrogen) atoms. The van der Waals surface area contributed by atoms with E-state index in [1.165, 1.54) is 0 Å². The van der Waals surface area contributed by atoms with Crippen LogP contribution in [0.25, 0.3) is 0 Å². The van der Waals surface area contributed by atoms with Crippen LogP contribution in [0.3, 0.4) is 0 Å². The first-order valence-electron chi connectivity index (χ1n) is 11.7. The van der Waals surface area contributed by atoms with E-state index in [1.807, 2.05) is 60.7 Å². The number of rotatable bonds is 10. The minimum atomic E-state index is -0.306. The van der Waals surface area contributed by atoms with E-state index >= 15 is 0 Å². The Balaban J connectivity index is 1.33. The molecular weight excluding hydrogens is 452 g/mol. The van der Waals surface area contributed by atoms with E-state index in [0.29, 0.717) is 42.3 Å². The predicted molar refractivity (Wildman–Crippen MR) is 141 cm³/mol. The minimum Gasteiger partial charge on any atom is -0.490 e. The molecule has 6 nitrogen and oxygen atoms in total. The van der Waals surface area contributed by atoms with Crippen molar-refractivity contribution in [2.45, 2.75) is 6.54 Å². The maximum atomic E-state index is 13.1. The zero-order valence-electron chi connectivity index (χ0n) is 20.1. The van der Waals surface area contributed by atoms with E-state index in [2.05, 4.69) is 5.32 Å². The van der Waals surface area contributed by atoms with Crippen LogP contribution in [0.2, 0.25) is 0 Å². The van der Waals surface area contributed by atoms with Gasteiger partial charge in [-0.3, -0.25) is 9.59 Å². The maximum Gasteiger partial charge on any atom is 0.256 e. The van der Waals surface area contributed by atoms with Crippen molar-refractivity contribution in [2.24, 2.45) is 0 Å². The second kappa shape index (κ2) is 12.2. The zero-order chi connectivity index (χ0) is 25.2. The monoisotopic (exact) mass is 480 g/mol. The van der Waals surface area contributed by atoms with E-state index < -0.39 is 0 Å². The average molecular weight is 481 g/mol. The summed E-state index contributed by atoms with van der Waals surface area (Å²) in [6, 6.07) is 33.2. The normalized spacial score (nSPS) is 10.4. The Labute approximate surface area is 211 Å². The summed E-state index contributed by atoms with van der Waals surface area (Å²) in [5, 5.41) is 2.87. The van der Waals surface area contributed by atoms with E-state index in [0.717, 1.165) is 11.3 Å². The van der Waals surface area contributed by atoms with Gasteiger partial charge in [0.2, 0.25) is 0 Å². The number of carbonyl (C=O) groups excluding carboxylic acids is 2. The molecule has 1 N–H and O–H groups in total. The third kappa shape index (κ3) is 6.73. The van der Waals surface area contributed by atoms with Crippen molar-refractivity contribution in [1.29, 1.82) is 0 Å². The van der Waals surface area contributed by atoms with Crippen LogP contribution in [0.4, 0.5) is 5.69 Å². The summed E-state index contributed by atoms with van der Waals surface area (Å²) < 4.78 is 11.3. The van der Waals surface area contributed by atoms with Gasteiger partial charge in [0, 0.05) is 19.2 Å². The fraction of sp³-hybridized carbons (Fsp3) is 0.133. The highest BCUT2D eigenvalue weighted by atomic mass is 16.5. The number of carbonyl (C=O) groups is 2. The molecule has 0 unspecified atom stereocenters. The summed E-state index contributed by atoms with van der Waals surface area (Å²) >= 11 is 0. The van der Waals surface area contributed by atoms with Crippen LogP contribution in [0.15, 0.2) is 109 Å². The molecule has 0 aliphatic rings. The zero-order valence-corrected chi connectivity index (χ0v) is 20.1. The molecule has 0 saturated carbocycles. The number of nitrogens with one attached hydrogen (secondary N) is 1. The number of anilines is 1. The molecule has 0 bridgehead atoms. The Bertz CT molecular complexity index is 1280. The van der Waals surface area contributed by atoms with E-state index in [4.69, 9.17) is 9.47 Å². The van der Waals surface area contributed by atoms with Gasteiger partial charge in [-0.05, 0) is 54.1 Å². The fourth-order valence-electron chi connectivity index (χ4n) is 3.65. The van der Waals surface area contributed by atoms with Gasteiger partial charge in [-0.2, -0.15) is 0 Å². The highest BCUT2D eigenvalue weighted by Gasteiger charge is 2.17. The molecule has 4 aromatic carbocycles. The van der Waals surface area contributed by atoms with Gasteiger partial charge < -0.3 is 19.7 Å². The van der Waals surface area contributed by atoms with Crippen molar-refractivity contribution in [3.8, 4) is 11.5 Å². The lowest BCUT2D eigenvalue weighted by Crippen LogP contribution is -2.27. The summed E-state index contributed by atoms with van der Waals surface area (Å²) in [5.74, 6) is 0.954. The van der Waals surface area contributed by atoms with Gasteiger partial charge >= 0.3 is 0 Å². The number of nitrogens with zero attached hydrogens (tertiary/aromatic N) is 1. The predicted octanol–water partition coefficient (Wildman–Crippen LogP) is 5.67. The topological polar surface area (TPSA) is 67.9 Å². The van der Waals surface area contributed by atoms with Crippen molar-refractivity contribution >= 4 is 17.5 Å². The summed E-state index contributed by atoms with van der Waals surface area (Å²) in [6.45, 7) is 1.27. The summed E-state index contributed by atoms with van der Waals surface area (Å²) in [5.41, 5.74) is 2.39. The Hall–Kier alpha value is -4.58. The molecule has 0 radical (unpaired) electrons. The van der Waals surface area contributed by atoms with E-state index in [1.54, 1.807) is 60.5 Å². The summed E-state index contributed by atoms with van der Waals surface area (Å²) in [4.78, 5) is 27.6. The van der Waals surface area contributed by atoms with Crippen LogP contribution in [-0.4, -0.2) is 37.0 Å². The Morgan fingerprint density at radius 1 is 0.694 bits per heavy atom. The van der Waals surface area contributed by atoms with Crippen LogP contribution in [0.1, 0.15) is 26.3 Å². The Morgan fingerprint density at radius 3 is 1.92 bits per heavy atom. The molecule has 4 rings (SSSR count). The van der Waals surface area contributed by atoms with Gasteiger partial charge in [0.15, 0.2) is 0 Å². The standard InChI is InChI=1S/C30H28N2O4/c1-32(22-23-10-4-2-5-11-23)30(34)27-14-8-9-15-28(27)31-29(33)24-16-18-26(19-17-24)36-21-20-35-25-12-6-3-7-13-25/h2-19H,20-22H2,1H3,(H,31,33). The molecule has 0 aromatic heterocycles. The quantitative estimate of drug-likeness (QED) is 0.297. The van der Waals surface area contributed by atoms with Crippen molar-refractivity contribution < 1.29 is 19.1 Å².